The van der Waals surface area contributed by atoms with Crippen molar-refractivity contribution in [3.05, 3.63) is 57.8 Å². The molecule has 1 heterocycles. The molecule has 0 saturated heterocycles. The molecule has 0 unspecified atom stereocenters. The van der Waals surface area contributed by atoms with Crippen molar-refractivity contribution in [2.45, 2.75) is 13.8 Å². The van der Waals surface area contributed by atoms with Crippen LogP contribution < -0.4 is 4.74 Å². The average Bonchev–Trinajstić information content (AvgIpc) is 2.41. The second-order valence-electron chi connectivity index (χ2n) is 4.25. The van der Waals surface area contributed by atoms with E-state index in [1.807, 2.05) is 0 Å². The van der Waals surface area contributed by atoms with Crippen molar-refractivity contribution < 1.29 is 14.5 Å². The molecule has 0 fully saturated rings. The fourth-order valence-corrected chi connectivity index (χ4v) is 1.62. The zero-order valence-corrected chi connectivity index (χ0v) is 11.0. The van der Waals surface area contributed by atoms with E-state index in [1.165, 1.54) is 31.3 Å². The van der Waals surface area contributed by atoms with Crippen LogP contribution >= 0.6 is 0 Å². The highest BCUT2D eigenvalue weighted by atomic mass is 16.6. The Labute approximate surface area is 115 Å². The number of rotatable bonds is 4. The van der Waals surface area contributed by atoms with E-state index in [2.05, 4.69) is 4.98 Å². The molecule has 2 rings (SSSR count). The molecule has 6 nitrogen and oxygen atoms in total. The van der Waals surface area contributed by atoms with Crippen molar-refractivity contribution in [3.8, 4) is 11.6 Å². The molecule has 0 N–H and O–H groups in total. The Hall–Kier alpha value is -2.76. The lowest BCUT2D eigenvalue weighted by molar-refractivity contribution is -0.384. The van der Waals surface area contributed by atoms with Crippen LogP contribution in [-0.2, 0) is 0 Å². The second kappa shape index (κ2) is 5.48. The van der Waals surface area contributed by atoms with Gasteiger partial charge in [-0.15, -0.1) is 0 Å². The summed E-state index contributed by atoms with van der Waals surface area (Å²) in [6.07, 6.45) is 1.43. The topological polar surface area (TPSA) is 82.3 Å². The zero-order valence-electron chi connectivity index (χ0n) is 11.0. The van der Waals surface area contributed by atoms with Gasteiger partial charge in [-0.1, -0.05) is 0 Å². The molecule has 0 bridgehead atoms. The lowest BCUT2D eigenvalue weighted by Crippen LogP contribution is -1.96. The van der Waals surface area contributed by atoms with E-state index < -0.39 is 4.92 Å². The van der Waals surface area contributed by atoms with E-state index in [1.54, 1.807) is 19.1 Å². The molecule has 0 atom stereocenters. The maximum Gasteiger partial charge on any atom is 0.269 e. The number of nitro groups is 1. The van der Waals surface area contributed by atoms with Gasteiger partial charge in [0.2, 0.25) is 5.88 Å². The number of aryl methyl sites for hydroxylation is 1. The largest absolute Gasteiger partial charge is 0.439 e. The zero-order chi connectivity index (χ0) is 14.7. The molecule has 2 aromatic rings. The van der Waals surface area contributed by atoms with Crippen LogP contribution in [-0.4, -0.2) is 15.7 Å². The van der Waals surface area contributed by atoms with Crippen LogP contribution in [0.3, 0.4) is 0 Å². The minimum Gasteiger partial charge on any atom is -0.439 e. The van der Waals surface area contributed by atoms with Crippen LogP contribution in [0.1, 0.15) is 22.8 Å². The van der Waals surface area contributed by atoms with Crippen LogP contribution in [0.25, 0.3) is 0 Å². The minimum absolute atomic E-state index is 0.00902. The summed E-state index contributed by atoms with van der Waals surface area (Å²) < 4.78 is 5.53. The maximum atomic E-state index is 11.1. The minimum atomic E-state index is -0.462. The molecule has 0 saturated carbocycles. The van der Waals surface area contributed by atoms with Gasteiger partial charge in [0.15, 0.2) is 5.78 Å². The number of Topliss-reactive ketones (excluding diaryl/α,β-unsaturated/α-hetero) is 1. The molecule has 0 aliphatic rings. The normalized spacial score (nSPS) is 10.1. The van der Waals surface area contributed by atoms with E-state index in [0.717, 1.165) is 0 Å². The quantitative estimate of drug-likeness (QED) is 0.484. The summed E-state index contributed by atoms with van der Waals surface area (Å²) in [6, 6.07) is 7.52. The van der Waals surface area contributed by atoms with Gasteiger partial charge in [-0.05, 0) is 31.5 Å². The van der Waals surface area contributed by atoms with Gasteiger partial charge in [0.25, 0.3) is 5.69 Å². The predicted molar refractivity (Wildman–Crippen MR) is 72.1 cm³/mol. The number of non-ortho nitro benzene ring substituents is 1. The summed E-state index contributed by atoms with van der Waals surface area (Å²) in [5.41, 5.74) is 1.14. The molecule has 6 heteroatoms. The Bertz CT molecular complexity index is 665. The highest BCUT2D eigenvalue weighted by Gasteiger charge is 2.10. The third kappa shape index (κ3) is 2.97. The Morgan fingerprint density at radius 1 is 1.30 bits per heavy atom. The molecular weight excluding hydrogens is 260 g/mol. The second-order valence-corrected chi connectivity index (χ2v) is 4.25. The first-order valence-corrected chi connectivity index (χ1v) is 5.87. The maximum absolute atomic E-state index is 11.1. The highest BCUT2D eigenvalue weighted by molar-refractivity contribution is 5.93. The van der Waals surface area contributed by atoms with E-state index in [-0.39, 0.29) is 11.5 Å². The van der Waals surface area contributed by atoms with Gasteiger partial charge >= 0.3 is 0 Å². The Morgan fingerprint density at radius 2 is 2.05 bits per heavy atom. The van der Waals surface area contributed by atoms with Gasteiger partial charge < -0.3 is 4.74 Å². The lowest BCUT2D eigenvalue weighted by Gasteiger charge is -2.07. The fourth-order valence-electron chi connectivity index (χ4n) is 1.62. The Morgan fingerprint density at radius 3 is 2.55 bits per heavy atom. The Kier molecular flexibility index (Phi) is 3.74. The molecule has 0 aliphatic carbocycles. The van der Waals surface area contributed by atoms with Crippen molar-refractivity contribution in [3.63, 3.8) is 0 Å². The molecule has 1 aromatic heterocycles. The number of hydrogen-bond donors (Lipinski definition) is 0. The van der Waals surface area contributed by atoms with Crippen molar-refractivity contribution in [1.29, 1.82) is 0 Å². The first-order chi connectivity index (χ1) is 9.47. The summed E-state index contributed by atoms with van der Waals surface area (Å²) in [5.74, 6) is 0.737. The van der Waals surface area contributed by atoms with E-state index in [9.17, 15) is 14.9 Å². The SMILES string of the molecule is CC(=O)c1ccc(Oc2ccc([N+](=O)[O-])cc2C)nc1. The number of benzene rings is 1. The summed E-state index contributed by atoms with van der Waals surface area (Å²) in [6.45, 7) is 3.17. The van der Waals surface area contributed by atoms with Gasteiger partial charge in [-0.2, -0.15) is 0 Å². The fraction of sp³-hybridized carbons (Fsp3) is 0.143. The molecule has 1 aromatic carbocycles. The molecule has 0 spiro atoms. The summed E-state index contributed by atoms with van der Waals surface area (Å²) in [4.78, 5) is 25.3. The van der Waals surface area contributed by atoms with Crippen LogP contribution in [0, 0.1) is 17.0 Å². The van der Waals surface area contributed by atoms with Crippen molar-refractivity contribution in [2.24, 2.45) is 0 Å². The van der Waals surface area contributed by atoms with E-state index in [0.29, 0.717) is 22.8 Å². The Balaban J connectivity index is 2.21. The van der Waals surface area contributed by atoms with Crippen molar-refractivity contribution >= 4 is 11.5 Å². The third-order valence-electron chi connectivity index (χ3n) is 2.73. The van der Waals surface area contributed by atoms with Crippen molar-refractivity contribution in [1.82, 2.24) is 4.98 Å². The number of nitro benzene ring substituents is 1. The van der Waals surface area contributed by atoms with Gasteiger partial charge in [0.05, 0.1) is 4.92 Å². The smallest absolute Gasteiger partial charge is 0.269 e. The van der Waals surface area contributed by atoms with Crippen molar-refractivity contribution in [2.75, 3.05) is 0 Å². The average molecular weight is 272 g/mol. The number of ether oxygens (including phenoxy) is 1. The number of carbonyl (C=O) groups excluding carboxylic acids is 1. The lowest BCUT2D eigenvalue weighted by atomic mass is 10.2. The first kappa shape index (κ1) is 13.7. The monoisotopic (exact) mass is 272 g/mol. The number of carbonyl (C=O) groups is 1. The summed E-state index contributed by atoms with van der Waals surface area (Å²) >= 11 is 0. The number of nitrogens with zero attached hydrogens (tertiary/aromatic N) is 2. The van der Waals surface area contributed by atoms with E-state index in [4.69, 9.17) is 4.74 Å². The summed E-state index contributed by atoms with van der Waals surface area (Å²) in [7, 11) is 0. The molecule has 0 amide bonds. The van der Waals surface area contributed by atoms with Gasteiger partial charge in [-0.25, -0.2) is 4.98 Å². The van der Waals surface area contributed by atoms with Gasteiger partial charge in [-0.3, -0.25) is 14.9 Å². The molecule has 0 radical (unpaired) electrons. The standard InChI is InChI=1S/C14H12N2O4/c1-9-7-12(16(18)19)4-5-13(9)20-14-6-3-11(8-15-14)10(2)17/h3-8H,1-2H3. The number of hydrogen-bond acceptors (Lipinski definition) is 5. The molecule has 102 valence electrons. The predicted octanol–water partition coefficient (Wildman–Crippen LogP) is 3.29. The van der Waals surface area contributed by atoms with Crippen LogP contribution in [0.5, 0.6) is 11.6 Å². The highest BCUT2D eigenvalue weighted by Crippen LogP contribution is 2.27. The van der Waals surface area contributed by atoms with Gasteiger partial charge in [0, 0.05) is 30.0 Å². The summed E-state index contributed by atoms with van der Waals surface area (Å²) in [5, 5.41) is 10.6. The molecule has 0 aliphatic heterocycles. The van der Waals surface area contributed by atoms with Crippen LogP contribution in [0.4, 0.5) is 5.69 Å². The number of ketones is 1. The van der Waals surface area contributed by atoms with Gasteiger partial charge in [0.1, 0.15) is 5.75 Å². The number of pyridine rings is 1. The molecular formula is C14H12N2O4. The van der Waals surface area contributed by atoms with Crippen LogP contribution in [0.15, 0.2) is 36.5 Å². The first-order valence-electron chi connectivity index (χ1n) is 5.87. The van der Waals surface area contributed by atoms with Crippen LogP contribution in [0.2, 0.25) is 0 Å². The van der Waals surface area contributed by atoms with E-state index >= 15 is 0 Å². The number of aromatic nitrogens is 1. The third-order valence-corrected chi connectivity index (χ3v) is 2.73. The molecule has 20 heavy (non-hydrogen) atoms.